The molecule has 1 rings (SSSR count). The third-order valence-corrected chi connectivity index (χ3v) is 2.70. The molecular weight excluding hydrogens is 305 g/mol. The predicted molar refractivity (Wildman–Crippen MR) is 76.4 cm³/mol. The second-order valence-corrected chi connectivity index (χ2v) is 4.09. The second-order valence-electron chi connectivity index (χ2n) is 3.23. The van der Waals surface area contributed by atoms with Gasteiger partial charge in [-0.05, 0) is 33.6 Å². The molecule has 5 heteroatoms. The van der Waals surface area contributed by atoms with Crippen molar-refractivity contribution in [2.75, 3.05) is 20.8 Å². The molecule has 0 atom stereocenters. The molecule has 0 aliphatic rings. The maximum Gasteiger partial charge on any atom is 0.174 e. The predicted octanol–water partition coefficient (Wildman–Crippen LogP) is 3.16. The molecule has 0 amide bonds. The Labute approximate surface area is 117 Å². The van der Waals surface area contributed by atoms with Crippen LogP contribution in [-0.4, -0.2) is 20.8 Å². The van der Waals surface area contributed by atoms with Gasteiger partial charge in [-0.2, -0.15) is 0 Å². The second kappa shape index (κ2) is 8.39. The average molecular weight is 323 g/mol. The Bertz CT molecular complexity index is 372. The highest BCUT2D eigenvalue weighted by Gasteiger charge is 2.09. The van der Waals surface area contributed by atoms with Crippen LogP contribution in [0, 0.1) is 0 Å². The molecular formula is C12H17BrClNO2. The van der Waals surface area contributed by atoms with Crippen molar-refractivity contribution in [3.05, 3.63) is 34.8 Å². The van der Waals surface area contributed by atoms with Gasteiger partial charge >= 0.3 is 0 Å². The molecule has 0 aliphatic carbocycles. The first-order valence-corrected chi connectivity index (χ1v) is 5.74. The van der Waals surface area contributed by atoms with Crippen LogP contribution in [0.1, 0.15) is 5.56 Å². The highest BCUT2D eigenvalue weighted by atomic mass is 79.9. The average Bonchev–Trinajstić information content (AvgIpc) is 2.28. The van der Waals surface area contributed by atoms with Gasteiger partial charge in [0, 0.05) is 13.1 Å². The van der Waals surface area contributed by atoms with E-state index in [-0.39, 0.29) is 12.4 Å². The fraction of sp³-hybridized carbons (Fsp3) is 0.333. The van der Waals surface area contributed by atoms with E-state index in [4.69, 9.17) is 9.47 Å². The van der Waals surface area contributed by atoms with Gasteiger partial charge in [0.15, 0.2) is 11.5 Å². The van der Waals surface area contributed by atoms with Crippen LogP contribution < -0.4 is 14.8 Å². The van der Waals surface area contributed by atoms with E-state index in [1.807, 2.05) is 18.2 Å². The Kier molecular flexibility index (Phi) is 8.04. The summed E-state index contributed by atoms with van der Waals surface area (Å²) in [5.41, 5.74) is 1.13. The van der Waals surface area contributed by atoms with Gasteiger partial charge in [0.05, 0.1) is 18.7 Å². The lowest BCUT2D eigenvalue weighted by atomic mass is 10.2. The monoisotopic (exact) mass is 321 g/mol. The van der Waals surface area contributed by atoms with E-state index in [2.05, 4.69) is 27.8 Å². The third-order valence-electron chi connectivity index (χ3n) is 2.11. The summed E-state index contributed by atoms with van der Waals surface area (Å²) < 4.78 is 11.4. The minimum atomic E-state index is 0. The van der Waals surface area contributed by atoms with E-state index in [1.54, 1.807) is 14.2 Å². The zero-order chi connectivity index (χ0) is 12.0. The topological polar surface area (TPSA) is 30.5 Å². The Balaban J connectivity index is 0.00000256. The van der Waals surface area contributed by atoms with Crippen molar-refractivity contribution >= 4 is 28.3 Å². The first kappa shape index (κ1) is 16.3. The molecule has 1 N–H and O–H groups in total. The molecule has 96 valence electrons. The maximum atomic E-state index is 5.26. The van der Waals surface area contributed by atoms with Crippen LogP contribution in [0.5, 0.6) is 11.5 Å². The SMILES string of the molecule is C=CCNCc1cc(Br)c(OC)c(OC)c1.Cl. The minimum absolute atomic E-state index is 0. The van der Waals surface area contributed by atoms with Crippen LogP contribution in [0.3, 0.4) is 0 Å². The Morgan fingerprint density at radius 3 is 2.59 bits per heavy atom. The standard InChI is InChI=1S/C12H16BrNO2.ClH/c1-4-5-14-8-9-6-10(13)12(16-3)11(7-9)15-2;/h4,6-7,14H,1,5,8H2,2-3H3;1H. The van der Waals surface area contributed by atoms with Gasteiger partial charge in [0.2, 0.25) is 0 Å². The van der Waals surface area contributed by atoms with Gasteiger partial charge in [0.1, 0.15) is 0 Å². The minimum Gasteiger partial charge on any atom is -0.493 e. The van der Waals surface area contributed by atoms with E-state index in [1.165, 1.54) is 0 Å². The highest BCUT2D eigenvalue weighted by molar-refractivity contribution is 9.10. The zero-order valence-corrected chi connectivity index (χ0v) is 12.4. The molecule has 0 unspecified atom stereocenters. The van der Waals surface area contributed by atoms with Crippen LogP contribution in [0.2, 0.25) is 0 Å². The van der Waals surface area contributed by atoms with Crippen LogP contribution >= 0.6 is 28.3 Å². The molecule has 0 bridgehead atoms. The van der Waals surface area contributed by atoms with E-state index in [0.29, 0.717) is 0 Å². The summed E-state index contributed by atoms with van der Waals surface area (Å²) in [4.78, 5) is 0. The quantitative estimate of drug-likeness (QED) is 0.644. The number of rotatable bonds is 6. The number of methoxy groups -OCH3 is 2. The fourth-order valence-electron chi connectivity index (χ4n) is 1.39. The highest BCUT2D eigenvalue weighted by Crippen LogP contribution is 2.36. The molecule has 0 saturated heterocycles. The fourth-order valence-corrected chi connectivity index (χ4v) is 2.04. The number of ether oxygens (including phenoxy) is 2. The zero-order valence-electron chi connectivity index (χ0n) is 9.96. The lowest BCUT2D eigenvalue weighted by Crippen LogP contribution is -2.12. The van der Waals surface area contributed by atoms with Crippen molar-refractivity contribution in [3.63, 3.8) is 0 Å². The van der Waals surface area contributed by atoms with Gasteiger partial charge in [-0.1, -0.05) is 6.08 Å². The number of halogens is 2. The van der Waals surface area contributed by atoms with Gasteiger partial charge in [-0.3, -0.25) is 0 Å². The molecule has 0 heterocycles. The van der Waals surface area contributed by atoms with Crippen LogP contribution in [0.15, 0.2) is 29.3 Å². The Morgan fingerprint density at radius 2 is 2.06 bits per heavy atom. The molecule has 0 fully saturated rings. The van der Waals surface area contributed by atoms with Gasteiger partial charge in [0.25, 0.3) is 0 Å². The summed E-state index contributed by atoms with van der Waals surface area (Å²) in [5.74, 6) is 1.45. The van der Waals surface area contributed by atoms with E-state index < -0.39 is 0 Å². The van der Waals surface area contributed by atoms with Crippen LogP contribution in [0.25, 0.3) is 0 Å². The summed E-state index contributed by atoms with van der Waals surface area (Å²) in [7, 11) is 3.25. The molecule has 0 saturated carbocycles. The van der Waals surface area contributed by atoms with E-state index in [0.717, 1.165) is 34.6 Å². The Hall–Kier alpha value is -0.710. The molecule has 0 spiro atoms. The van der Waals surface area contributed by atoms with Gasteiger partial charge in [-0.25, -0.2) is 0 Å². The van der Waals surface area contributed by atoms with Crippen molar-refractivity contribution < 1.29 is 9.47 Å². The molecule has 0 aromatic heterocycles. The summed E-state index contributed by atoms with van der Waals surface area (Å²) in [6.45, 7) is 5.21. The first-order valence-electron chi connectivity index (χ1n) is 4.95. The molecule has 0 aliphatic heterocycles. The molecule has 1 aromatic rings. The van der Waals surface area contributed by atoms with E-state index >= 15 is 0 Å². The summed E-state index contributed by atoms with van der Waals surface area (Å²) in [5, 5.41) is 3.23. The number of benzene rings is 1. The van der Waals surface area contributed by atoms with Crippen LogP contribution in [-0.2, 0) is 6.54 Å². The molecule has 3 nitrogen and oxygen atoms in total. The normalized spacial score (nSPS) is 9.35. The van der Waals surface area contributed by atoms with Crippen molar-refractivity contribution in [1.29, 1.82) is 0 Å². The molecule has 0 radical (unpaired) electrons. The van der Waals surface area contributed by atoms with Gasteiger partial charge < -0.3 is 14.8 Å². The number of nitrogens with one attached hydrogen (secondary N) is 1. The Morgan fingerprint density at radius 1 is 1.35 bits per heavy atom. The van der Waals surface area contributed by atoms with Crippen molar-refractivity contribution in [2.24, 2.45) is 0 Å². The lowest BCUT2D eigenvalue weighted by Gasteiger charge is -2.12. The molecule has 17 heavy (non-hydrogen) atoms. The largest absolute Gasteiger partial charge is 0.493 e. The van der Waals surface area contributed by atoms with Crippen LogP contribution in [0.4, 0.5) is 0 Å². The summed E-state index contributed by atoms with van der Waals surface area (Å²) >= 11 is 3.45. The lowest BCUT2D eigenvalue weighted by molar-refractivity contribution is 0.352. The van der Waals surface area contributed by atoms with E-state index in [9.17, 15) is 0 Å². The summed E-state index contributed by atoms with van der Waals surface area (Å²) in [6, 6.07) is 3.97. The van der Waals surface area contributed by atoms with Crippen molar-refractivity contribution in [2.45, 2.75) is 6.54 Å². The smallest absolute Gasteiger partial charge is 0.174 e. The third kappa shape index (κ3) is 4.58. The first-order chi connectivity index (χ1) is 7.72. The number of hydrogen-bond acceptors (Lipinski definition) is 3. The molecule has 1 aromatic carbocycles. The van der Waals surface area contributed by atoms with Gasteiger partial charge in [-0.15, -0.1) is 19.0 Å². The summed E-state index contributed by atoms with van der Waals surface area (Å²) in [6.07, 6.45) is 1.83. The van der Waals surface area contributed by atoms with Crippen molar-refractivity contribution in [3.8, 4) is 11.5 Å². The number of hydrogen-bond donors (Lipinski definition) is 1. The maximum absolute atomic E-state index is 5.26. The van der Waals surface area contributed by atoms with Crippen molar-refractivity contribution in [1.82, 2.24) is 5.32 Å².